The van der Waals surface area contributed by atoms with Gasteiger partial charge in [0.05, 0.1) is 15.0 Å². The number of rotatable bonds is 4. The molecule has 0 radical (unpaired) electrons. The van der Waals surface area contributed by atoms with Crippen LogP contribution in [0.5, 0.6) is 0 Å². The number of thioether (sulfide) groups is 1. The van der Waals surface area contributed by atoms with Gasteiger partial charge in [0.15, 0.2) is 0 Å². The molecule has 1 aromatic carbocycles. The first-order valence-electron chi connectivity index (χ1n) is 5.69. The predicted molar refractivity (Wildman–Crippen MR) is 85.1 cm³/mol. The van der Waals surface area contributed by atoms with Crippen LogP contribution < -0.4 is 0 Å². The van der Waals surface area contributed by atoms with E-state index in [0.29, 0.717) is 16.7 Å². The van der Waals surface area contributed by atoms with Crippen molar-refractivity contribution in [3.05, 3.63) is 50.3 Å². The lowest BCUT2D eigenvalue weighted by Crippen LogP contribution is -2.01. The van der Waals surface area contributed by atoms with Gasteiger partial charge in [-0.05, 0) is 53.3 Å². The number of hydrogen-bond acceptors (Lipinski definition) is 3. The van der Waals surface area contributed by atoms with Crippen molar-refractivity contribution >= 4 is 46.0 Å². The molecule has 0 atom stereocenters. The van der Waals surface area contributed by atoms with Gasteiger partial charge >= 0.3 is 0 Å². The minimum Gasteiger partial charge on any atom is -0.236 e. The van der Waals surface area contributed by atoms with Crippen molar-refractivity contribution in [2.75, 3.05) is 0 Å². The highest BCUT2D eigenvalue weighted by Crippen LogP contribution is 2.24. The molecular weight excluding hydrogens is 398 g/mol. The standard InChI is InChI=1S/C13H11ClFIN2S/c1-2-10-12(16)13(14)18-11(17-10)7-19-9-5-3-8(15)4-6-9/h3-6H,2,7H2,1H3. The predicted octanol–water partition coefficient (Wildman–Crippen LogP) is 4.73. The van der Waals surface area contributed by atoms with Crippen molar-refractivity contribution < 1.29 is 4.39 Å². The third-order valence-corrected chi connectivity index (χ3v) is 5.18. The van der Waals surface area contributed by atoms with E-state index in [-0.39, 0.29) is 5.82 Å². The molecule has 0 saturated carbocycles. The highest BCUT2D eigenvalue weighted by atomic mass is 127. The monoisotopic (exact) mass is 408 g/mol. The van der Waals surface area contributed by atoms with E-state index >= 15 is 0 Å². The molecule has 2 nitrogen and oxygen atoms in total. The van der Waals surface area contributed by atoms with Crippen molar-refractivity contribution in [3.8, 4) is 0 Å². The van der Waals surface area contributed by atoms with E-state index in [1.54, 1.807) is 23.9 Å². The normalized spacial score (nSPS) is 10.7. The molecule has 0 aliphatic carbocycles. The second-order valence-corrected chi connectivity index (χ2v) is 6.27. The number of halogens is 3. The molecule has 100 valence electrons. The Balaban J connectivity index is 2.11. The third kappa shape index (κ3) is 4.03. The van der Waals surface area contributed by atoms with Crippen LogP contribution in [0.15, 0.2) is 29.2 Å². The van der Waals surface area contributed by atoms with Crippen LogP contribution in [0.3, 0.4) is 0 Å². The van der Waals surface area contributed by atoms with Gasteiger partial charge in [-0.25, -0.2) is 14.4 Å². The summed E-state index contributed by atoms with van der Waals surface area (Å²) < 4.78 is 13.7. The van der Waals surface area contributed by atoms with E-state index in [4.69, 9.17) is 11.6 Å². The summed E-state index contributed by atoms with van der Waals surface area (Å²) >= 11 is 9.81. The Kier molecular flexibility index (Phi) is 5.41. The summed E-state index contributed by atoms with van der Waals surface area (Å²) in [5.41, 5.74) is 0.968. The van der Waals surface area contributed by atoms with Crippen molar-refractivity contribution in [1.82, 2.24) is 9.97 Å². The van der Waals surface area contributed by atoms with Gasteiger partial charge in [-0.1, -0.05) is 18.5 Å². The van der Waals surface area contributed by atoms with Crippen LogP contribution >= 0.6 is 46.0 Å². The lowest BCUT2D eigenvalue weighted by Gasteiger charge is -2.06. The van der Waals surface area contributed by atoms with Gasteiger partial charge in [0.1, 0.15) is 16.8 Å². The van der Waals surface area contributed by atoms with Gasteiger partial charge in [0.2, 0.25) is 0 Å². The first-order valence-corrected chi connectivity index (χ1v) is 8.13. The fraction of sp³-hybridized carbons (Fsp3) is 0.231. The molecule has 6 heteroatoms. The summed E-state index contributed by atoms with van der Waals surface area (Å²) in [6.45, 7) is 2.04. The van der Waals surface area contributed by atoms with Crippen LogP contribution in [-0.2, 0) is 12.2 Å². The SMILES string of the molecule is CCc1nc(CSc2ccc(F)cc2)nc(Cl)c1I. The van der Waals surface area contributed by atoms with Crippen molar-refractivity contribution in [2.24, 2.45) is 0 Å². The van der Waals surface area contributed by atoms with Gasteiger partial charge in [0.25, 0.3) is 0 Å². The first-order chi connectivity index (χ1) is 9.10. The zero-order valence-electron chi connectivity index (χ0n) is 10.2. The van der Waals surface area contributed by atoms with Crippen LogP contribution in [0.25, 0.3) is 0 Å². The Morgan fingerprint density at radius 1 is 1.26 bits per heavy atom. The molecular formula is C13H11ClFIN2S. The number of aryl methyl sites for hydroxylation is 1. The number of nitrogens with zero attached hydrogens (tertiary/aromatic N) is 2. The maximum absolute atomic E-state index is 12.8. The lowest BCUT2D eigenvalue weighted by molar-refractivity contribution is 0.626. The van der Waals surface area contributed by atoms with Crippen molar-refractivity contribution in [2.45, 2.75) is 24.0 Å². The molecule has 1 aromatic heterocycles. The van der Waals surface area contributed by atoms with Crippen LogP contribution in [0, 0.1) is 9.39 Å². The summed E-state index contributed by atoms with van der Waals surface area (Å²) in [5, 5.41) is 0.502. The van der Waals surface area contributed by atoms with E-state index in [0.717, 1.165) is 20.6 Å². The largest absolute Gasteiger partial charge is 0.236 e. The van der Waals surface area contributed by atoms with Gasteiger partial charge in [-0.15, -0.1) is 11.8 Å². The molecule has 0 saturated heterocycles. The highest BCUT2D eigenvalue weighted by molar-refractivity contribution is 14.1. The molecule has 1 heterocycles. The van der Waals surface area contributed by atoms with Crippen LogP contribution in [0.4, 0.5) is 4.39 Å². The van der Waals surface area contributed by atoms with E-state index in [9.17, 15) is 4.39 Å². The van der Waals surface area contributed by atoms with Crippen molar-refractivity contribution in [3.63, 3.8) is 0 Å². The smallest absolute Gasteiger partial charge is 0.146 e. The first kappa shape index (κ1) is 15.0. The molecule has 0 spiro atoms. The molecule has 0 aliphatic heterocycles. The summed E-state index contributed by atoms with van der Waals surface area (Å²) in [7, 11) is 0. The molecule has 2 rings (SSSR count). The van der Waals surface area contributed by atoms with E-state index in [2.05, 4.69) is 32.6 Å². The fourth-order valence-corrected chi connectivity index (χ4v) is 3.07. The topological polar surface area (TPSA) is 25.8 Å². The summed E-state index contributed by atoms with van der Waals surface area (Å²) in [6, 6.07) is 6.38. The Hall–Kier alpha value is -0.400. The zero-order valence-corrected chi connectivity index (χ0v) is 13.9. The number of benzene rings is 1. The maximum Gasteiger partial charge on any atom is 0.146 e. The zero-order chi connectivity index (χ0) is 13.8. The van der Waals surface area contributed by atoms with E-state index in [1.165, 1.54) is 12.1 Å². The minimum absolute atomic E-state index is 0.230. The molecule has 0 amide bonds. The molecule has 0 aliphatic rings. The molecule has 0 bridgehead atoms. The molecule has 0 unspecified atom stereocenters. The van der Waals surface area contributed by atoms with Crippen LogP contribution in [0.1, 0.15) is 18.4 Å². The molecule has 0 fully saturated rings. The van der Waals surface area contributed by atoms with Gasteiger partial charge in [-0.2, -0.15) is 0 Å². The number of hydrogen-bond donors (Lipinski definition) is 0. The van der Waals surface area contributed by atoms with Crippen LogP contribution in [-0.4, -0.2) is 9.97 Å². The lowest BCUT2D eigenvalue weighted by atomic mass is 10.3. The quantitative estimate of drug-likeness (QED) is 0.416. The Morgan fingerprint density at radius 2 is 1.95 bits per heavy atom. The van der Waals surface area contributed by atoms with Gasteiger partial charge in [0, 0.05) is 4.90 Å². The fourth-order valence-electron chi connectivity index (χ4n) is 1.49. The Labute approximate surface area is 134 Å². The highest BCUT2D eigenvalue weighted by Gasteiger charge is 2.09. The third-order valence-electron chi connectivity index (χ3n) is 2.44. The van der Waals surface area contributed by atoms with E-state index in [1.807, 2.05) is 6.92 Å². The number of aromatic nitrogens is 2. The molecule has 2 aromatic rings. The second-order valence-electron chi connectivity index (χ2n) is 3.79. The summed E-state index contributed by atoms with van der Waals surface area (Å²) in [4.78, 5) is 9.74. The van der Waals surface area contributed by atoms with Gasteiger partial charge in [-0.3, -0.25) is 0 Å². The minimum atomic E-state index is -0.230. The molecule has 19 heavy (non-hydrogen) atoms. The van der Waals surface area contributed by atoms with Crippen LogP contribution in [0.2, 0.25) is 5.15 Å². The summed E-state index contributed by atoms with van der Waals surface area (Å²) in [5.74, 6) is 1.10. The maximum atomic E-state index is 12.8. The molecule has 0 N–H and O–H groups in total. The Morgan fingerprint density at radius 3 is 2.58 bits per heavy atom. The average Bonchev–Trinajstić information content (AvgIpc) is 2.41. The average molecular weight is 409 g/mol. The second kappa shape index (κ2) is 6.85. The van der Waals surface area contributed by atoms with E-state index < -0.39 is 0 Å². The summed E-state index contributed by atoms with van der Waals surface area (Å²) in [6.07, 6.45) is 0.828. The Bertz CT molecular complexity index is 578. The van der Waals surface area contributed by atoms with Gasteiger partial charge < -0.3 is 0 Å². The van der Waals surface area contributed by atoms with Crippen molar-refractivity contribution in [1.29, 1.82) is 0 Å².